The molecule has 3 aromatic rings. The largest absolute Gasteiger partial charge is 0.298 e. The highest BCUT2D eigenvalue weighted by atomic mass is 32.2. The molecule has 1 aromatic heterocycles. The molecule has 33 heavy (non-hydrogen) atoms. The van der Waals surface area contributed by atoms with E-state index < -0.39 is 27.6 Å². The van der Waals surface area contributed by atoms with Gasteiger partial charge in [-0.25, -0.2) is 22.2 Å². The third kappa shape index (κ3) is 4.97. The van der Waals surface area contributed by atoms with E-state index in [1.807, 2.05) is 6.92 Å². The zero-order valence-corrected chi connectivity index (χ0v) is 19.6. The third-order valence-electron chi connectivity index (χ3n) is 5.71. The number of carbonyl (C=O) groups excluding carboxylic acids is 1. The number of sulfonamides is 1. The molecule has 0 radical (unpaired) electrons. The standard InChI is InChI=1S/C23H23F2N3O3S2/c1-2-17-5-3-4-12-28(17)33(30,31)18-9-6-15(7-10-18)22(29)27-23-26-21(14-32-23)16-8-11-19(24)20(25)13-16/h6-11,13-14,17H,2-5,12H2,1H3,(H,26,27,29). The number of benzene rings is 2. The summed E-state index contributed by atoms with van der Waals surface area (Å²) in [5, 5.41) is 4.57. The molecule has 2 heterocycles. The van der Waals surface area contributed by atoms with E-state index in [4.69, 9.17) is 0 Å². The average molecular weight is 492 g/mol. The lowest BCUT2D eigenvalue weighted by atomic mass is 10.0. The lowest BCUT2D eigenvalue weighted by Crippen LogP contribution is -2.43. The van der Waals surface area contributed by atoms with E-state index in [0.29, 0.717) is 17.8 Å². The first-order valence-corrected chi connectivity index (χ1v) is 13.0. The summed E-state index contributed by atoms with van der Waals surface area (Å²) in [6, 6.07) is 9.30. The van der Waals surface area contributed by atoms with E-state index >= 15 is 0 Å². The summed E-state index contributed by atoms with van der Waals surface area (Å²) in [7, 11) is -3.62. The molecule has 6 nitrogen and oxygen atoms in total. The van der Waals surface area contributed by atoms with E-state index in [1.165, 1.54) is 30.3 Å². The molecule has 1 aliphatic heterocycles. The van der Waals surface area contributed by atoms with Crippen molar-refractivity contribution in [1.29, 1.82) is 0 Å². The number of thiazole rings is 1. The number of hydrogen-bond donors (Lipinski definition) is 1. The molecule has 2 aromatic carbocycles. The summed E-state index contributed by atoms with van der Waals surface area (Å²) in [4.78, 5) is 17.0. The average Bonchev–Trinajstić information content (AvgIpc) is 3.29. The lowest BCUT2D eigenvalue weighted by molar-refractivity contribution is 0.102. The summed E-state index contributed by atoms with van der Waals surface area (Å²) in [6.07, 6.45) is 3.49. The first kappa shape index (κ1) is 23.5. The fourth-order valence-corrected chi connectivity index (χ4v) is 6.38. The summed E-state index contributed by atoms with van der Waals surface area (Å²) >= 11 is 1.14. The number of anilines is 1. The van der Waals surface area contributed by atoms with Crippen LogP contribution in [-0.2, 0) is 10.0 Å². The van der Waals surface area contributed by atoms with Crippen LogP contribution in [0.1, 0.15) is 43.0 Å². The number of halogens is 2. The van der Waals surface area contributed by atoms with Gasteiger partial charge in [-0.05, 0) is 61.7 Å². The van der Waals surface area contributed by atoms with Crippen molar-refractivity contribution >= 4 is 32.4 Å². The predicted molar refractivity (Wildman–Crippen MR) is 124 cm³/mol. The highest BCUT2D eigenvalue weighted by Crippen LogP contribution is 2.28. The van der Waals surface area contributed by atoms with Crippen LogP contribution < -0.4 is 5.32 Å². The van der Waals surface area contributed by atoms with E-state index in [2.05, 4.69) is 10.3 Å². The maximum atomic E-state index is 13.5. The first-order valence-electron chi connectivity index (χ1n) is 10.6. The predicted octanol–water partition coefficient (Wildman–Crippen LogP) is 5.29. The Morgan fingerprint density at radius 1 is 1.15 bits per heavy atom. The van der Waals surface area contributed by atoms with Crippen LogP contribution in [0.4, 0.5) is 13.9 Å². The van der Waals surface area contributed by atoms with Gasteiger partial charge in [0.05, 0.1) is 10.6 Å². The Morgan fingerprint density at radius 2 is 1.91 bits per heavy atom. The van der Waals surface area contributed by atoms with Gasteiger partial charge in [0.2, 0.25) is 10.0 Å². The smallest absolute Gasteiger partial charge is 0.257 e. The molecule has 1 fully saturated rings. The quantitative estimate of drug-likeness (QED) is 0.508. The number of nitrogens with zero attached hydrogens (tertiary/aromatic N) is 2. The molecule has 1 unspecified atom stereocenters. The Bertz CT molecular complexity index is 1260. The van der Waals surface area contributed by atoms with Crippen LogP contribution in [0.25, 0.3) is 11.3 Å². The van der Waals surface area contributed by atoms with Gasteiger partial charge in [-0.3, -0.25) is 10.1 Å². The Labute approximate surface area is 195 Å². The van der Waals surface area contributed by atoms with Gasteiger partial charge < -0.3 is 0 Å². The molecule has 1 amide bonds. The molecule has 0 bridgehead atoms. The van der Waals surface area contributed by atoms with Crippen LogP contribution in [0.5, 0.6) is 0 Å². The third-order valence-corrected chi connectivity index (χ3v) is 8.43. The van der Waals surface area contributed by atoms with Gasteiger partial charge >= 0.3 is 0 Å². The zero-order chi connectivity index (χ0) is 23.6. The molecule has 0 saturated carbocycles. The van der Waals surface area contributed by atoms with Crippen molar-refractivity contribution in [2.24, 2.45) is 0 Å². The lowest BCUT2D eigenvalue weighted by Gasteiger charge is -2.34. The van der Waals surface area contributed by atoms with Gasteiger partial charge in [-0.1, -0.05) is 13.3 Å². The van der Waals surface area contributed by atoms with Gasteiger partial charge in [0.15, 0.2) is 16.8 Å². The summed E-state index contributed by atoms with van der Waals surface area (Å²) in [5.41, 5.74) is 1.08. The van der Waals surface area contributed by atoms with Crippen LogP contribution in [0.3, 0.4) is 0 Å². The number of carbonyl (C=O) groups is 1. The molecule has 1 saturated heterocycles. The summed E-state index contributed by atoms with van der Waals surface area (Å²) in [5.74, 6) is -2.37. The summed E-state index contributed by atoms with van der Waals surface area (Å²) < 4.78 is 54.3. The molecular weight excluding hydrogens is 468 g/mol. The van der Waals surface area contributed by atoms with Crippen LogP contribution in [0.15, 0.2) is 52.7 Å². The fourth-order valence-electron chi connectivity index (χ4n) is 3.90. The van der Waals surface area contributed by atoms with Crippen LogP contribution in [0.2, 0.25) is 0 Å². The Morgan fingerprint density at radius 3 is 2.61 bits per heavy atom. The number of piperidine rings is 1. The van der Waals surface area contributed by atoms with Crippen LogP contribution in [-0.4, -0.2) is 36.2 Å². The van der Waals surface area contributed by atoms with Gasteiger partial charge in [-0.15, -0.1) is 11.3 Å². The SMILES string of the molecule is CCC1CCCCN1S(=O)(=O)c1ccc(C(=O)Nc2nc(-c3ccc(F)c(F)c3)cs2)cc1. The van der Waals surface area contributed by atoms with Crippen molar-refractivity contribution in [2.75, 3.05) is 11.9 Å². The number of rotatable bonds is 6. The van der Waals surface area contributed by atoms with Gasteiger partial charge in [0, 0.05) is 29.1 Å². The van der Waals surface area contributed by atoms with Gasteiger partial charge in [0.25, 0.3) is 5.91 Å². The van der Waals surface area contributed by atoms with E-state index in [1.54, 1.807) is 9.69 Å². The topological polar surface area (TPSA) is 79.4 Å². The van der Waals surface area contributed by atoms with Crippen LogP contribution in [0, 0.1) is 11.6 Å². The maximum Gasteiger partial charge on any atom is 0.257 e. The van der Waals surface area contributed by atoms with E-state index in [-0.39, 0.29) is 21.6 Å². The fraction of sp³-hybridized carbons (Fsp3) is 0.304. The second kappa shape index (κ2) is 9.66. The number of nitrogens with one attached hydrogen (secondary N) is 1. The van der Waals surface area contributed by atoms with Crippen molar-refractivity contribution in [3.05, 3.63) is 65.0 Å². The zero-order valence-electron chi connectivity index (χ0n) is 17.9. The Kier molecular flexibility index (Phi) is 6.87. The van der Waals surface area contributed by atoms with E-state index in [0.717, 1.165) is 49.2 Å². The van der Waals surface area contributed by atoms with Crippen molar-refractivity contribution in [3.8, 4) is 11.3 Å². The van der Waals surface area contributed by atoms with Crippen molar-refractivity contribution in [2.45, 2.75) is 43.5 Å². The first-order chi connectivity index (χ1) is 15.8. The molecule has 1 aliphatic rings. The highest BCUT2D eigenvalue weighted by Gasteiger charge is 2.32. The second-order valence-electron chi connectivity index (χ2n) is 7.82. The molecule has 174 valence electrons. The number of aromatic nitrogens is 1. The van der Waals surface area contributed by atoms with E-state index in [9.17, 15) is 22.0 Å². The Balaban J connectivity index is 1.47. The Hall–Kier alpha value is -2.69. The molecule has 1 atom stereocenters. The minimum absolute atomic E-state index is 0.000376. The number of hydrogen-bond acceptors (Lipinski definition) is 5. The minimum atomic E-state index is -3.62. The second-order valence-corrected chi connectivity index (χ2v) is 10.6. The molecular formula is C23H23F2N3O3S2. The number of amides is 1. The van der Waals surface area contributed by atoms with Crippen LogP contribution >= 0.6 is 11.3 Å². The molecule has 1 N–H and O–H groups in total. The van der Waals surface area contributed by atoms with Gasteiger partial charge in [0.1, 0.15) is 0 Å². The summed E-state index contributed by atoms with van der Waals surface area (Å²) in [6.45, 7) is 2.50. The molecule has 4 rings (SSSR count). The minimum Gasteiger partial charge on any atom is -0.298 e. The van der Waals surface area contributed by atoms with Crippen molar-refractivity contribution in [3.63, 3.8) is 0 Å². The monoisotopic (exact) mass is 491 g/mol. The van der Waals surface area contributed by atoms with Gasteiger partial charge in [-0.2, -0.15) is 4.31 Å². The molecule has 0 spiro atoms. The normalized spacial score (nSPS) is 17.1. The molecule has 10 heteroatoms. The van der Waals surface area contributed by atoms with Crippen molar-refractivity contribution < 1.29 is 22.0 Å². The molecule has 0 aliphatic carbocycles. The highest BCUT2D eigenvalue weighted by molar-refractivity contribution is 7.89. The maximum absolute atomic E-state index is 13.5. The van der Waals surface area contributed by atoms with Crippen molar-refractivity contribution in [1.82, 2.24) is 9.29 Å².